The number of amides is 1. The number of imidazole rings is 1. The molecule has 2 aromatic carbocycles. The van der Waals surface area contributed by atoms with Crippen LogP contribution in [0.15, 0.2) is 85.5 Å². The van der Waals surface area contributed by atoms with Gasteiger partial charge < -0.3 is 15.2 Å². The molecule has 0 aliphatic carbocycles. The molecule has 0 spiro atoms. The van der Waals surface area contributed by atoms with Gasteiger partial charge in [-0.3, -0.25) is 4.79 Å². The Morgan fingerprint density at radius 2 is 1.81 bits per heavy atom. The Kier molecular flexibility index (Phi) is 5.09. The molecule has 3 aromatic heterocycles. The molecule has 8 nitrogen and oxygen atoms in total. The highest BCUT2D eigenvalue weighted by atomic mass is 16.1. The van der Waals surface area contributed by atoms with Crippen LogP contribution in [0.25, 0.3) is 11.3 Å². The van der Waals surface area contributed by atoms with Gasteiger partial charge in [0.1, 0.15) is 17.2 Å². The second-order valence-corrected chi connectivity index (χ2v) is 7.29. The zero-order valence-corrected chi connectivity index (χ0v) is 17.4. The van der Waals surface area contributed by atoms with Crippen molar-refractivity contribution in [1.29, 1.82) is 0 Å². The van der Waals surface area contributed by atoms with E-state index in [0.29, 0.717) is 23.6 Å². The van der Waals surface area contributed by atoms with Gasteiger partial charge in [-0.05, 0) is 36.8 Å². The van der Waals surface area contributed by atoms with Crippen molar-refractivity contribution in [3.8, 4) is 5.69 Å². The van der Waals surface area contributed by atoms with E-state index < -0.39 is 0 Å². The number of carbonyl (C=O) groups excluding carboxylic acids is 1. The fourth-order valence-electron chi connectivity index (χ4n) is 3.56. The molecule has 3 heterocycles. The molecular weight excluding hydrogens is 402 g/mol. The van der Waals surface area contributed by atoms with Crippen molar-refractivity contribution in [2.24, 2.45) is 0 Å². The monoisotopic (exact) mass is 423 g/mol. The lowest BCUT2D eigenvalue weighted by atomic mass is 10.1. The fourth-order valence-corrected chi connectivity index (χ4v) is 3.56. The second kappa shape index (κ2) is 8.35. The zero-order chi connectivity index (χ0) is 21.9. The fraction of sp³-hybridized carbons (Fsp3) is 0.0833. The van der Waals surface area contributed by atoms with E-state index >= 15 is 0 Å². The molecule has 158 valence electrons. The van der Waals surface area contributed by atoms with Crippen LogP contribution < -0.4 is 10.6 Å². The van der Waals surface area contributed by atoms with Gasteiger partial charge in [-0.15, -0.1) is 0 Å². The molecule has 0 saturated carbocycles. The number of fused-ring (bicyclic) bond motifs is 1. The lowest BCUT2D eigenvalue weighted by Crippen LogP contribution is -2.12. The summed E-state index contributed by atoms with van der Waals surface area (Å²) >= 11 is 0. The summed E-state index contributed by atoms with van der Waals surface area (Å²) in [6.07, 6.45) is 7.05. The van der Waals surface area contributed by atoms with Gasteiger partial charge >= 0.3 is 0 Å². The van der Waals surface area contributed by atoms with E-state index in [0.717, 1.165) is 22.8 Å². The van der Waals surface area contributed by atoms with Crippen LogP contribution in [0.2, 0.25) is 0 Å². The Hall–Kier alpha value is -4.46. The van der Waals surface area contributed by atoms with Crippen molar-refractivity contribution in [1.82, 2.24) is 24.1 Å². The Morgan fingerprint density at radius 3 is 2.62 bits per heavy atom. The first kappa shape index (κ1) is 19.5. The minimum Gasteiger partial charge on any atom is -0.366 e. The summed E-state index contributed by atoms with van der Waals surface area (Å²) in [5.41, 5.74) is 3.78. The molecule has 1 amide bonds. The predicted molar refractivity (Wildman–Crippen MR) is 123 cm³/mol. The first-order valence-corrected chi connectivity index (χ1v) is 10.2. The summed E-state index contributed by atoms with van der Waals surface area (Å²) in [7, 11) is 0. The third kappa shape index (κ3) is 3.81. The maximum absolute atomic E-state index is 12.8. The van der Waals surface area contributed by atoms with Gasteiger partial charge in [0.05, 0.1) is 11.9 Å². The molecule has 8 heteroatoms. The van der Waals surface area contributed by atoms with Crippen molar-refractivity contribution in [3.05, 3.63) is 102 Å². The van der Waals surface area contributed by atoms with Crippen LogP contribution in [-0.4, -0.2) is 30.1 Å². The molecule has 5 aromatic rings. The van der Waals surface area contributed by atoms with Crippen LogP contribution in [-0.2, 0) is 6.54 Å². The van der Waals surface area contributed by atoms with Crippen LogP contribution in [0, 0.1) is 6.92 Å². The number of rotatable bonds is 6. The zero-order valence-electron chi connectivity index (χ0n) is 17.4. The SMILES string of the molecule is Cc1nccn1-c1ccccc1CNc1ccn2ncc(C(=O)Nc3ccccc3)c2n1. The molecule has 0 radical (unpaired) electrons. The Bertz CT molecular complexity index is 1390. The number of benzene rings is 2. The molecule has 0 fully saturated rings. The average molecular weight is 423 g/mol. The molecule has 0 saturated heterocycles. The Morgan fingerprint density at radius 1 is 1.00 bits per heavy atom. The molecule has 0 unspecified atom stereocenters. The minimum atomic E-state index is -0.253. The van der Waals surface area contributed by atoms with E-state index in [1.54, 1.807) is 16.9 Å². The van der Waals surface area contributed by atoms with E-state index in [1.165, 1.54) is 6.20 Å². The molecule has 0 bridgehead atoms. The van der Waals surface area contributed by atoms with E-state index in [4.69, 9.17) is 0 Å². The van der Waals surface area contributed by atoms with Gasteiger partial charge in [-0.2, -0.15) is 5.10 Å². The number of hydrogen-bond acceptors (Lipinski definition) is 5. The molecular formula is C24H21N7O. The lowest BCUT2D eigenvalue weighted by Gasteiger charge is -2.13. The second-order valence-electron chi connectivity index (χ2n) is 7.29. The van der Waals surface area contributed by atoms with Crippen molar-refractivity contribution in [2.75, 3.05) is 10.6 Å². The lowest BCUT2D eigenvalue weighted by molar-refractivity contribution is 0.102. The molecule has 0 atom stereocenters. The number of carbonyl (C=O) groups is 1. The summed E-state index contributed by atoms with van der Waals surface area (Å²) in [4.78, 5) is 21.7. The van der Waals surface area contributed by atoms with Crippen LogP contribution in [0.4, 0.5) is 11.5 Å². The largest absolute Gasteiger partial charge is 0.366 e. The first-order valence-electron chi connectivity index (χ1n) is 10.2. The van der Waals surface area contributed by atoms with Crippen molar-refractivity contribution in [3.63, 3.8) is 0 Å². The minimum absolute atomic E-state index is 0.253. The number of nitrogens with zero attached hydrogens (tertiary/aromatic N) is 5. The number of aryl methyl sites for hydroxylation is 1. The number of hydrogen-bond donors (Lipinski definition) is 2. The van der Waals surface area contributed by atoms with Crippen LogP contribution in [0.3, 0.4) is 0 Å². The summed E-state index contributed by atoms with van der Waals surface area (Å²) in [5, 5.41) is 10.5. The normalized spacial score (nSPS) is 10.9. The molecule has 5 rings (SSSR count). The summed E-state index contributed by atoms with van der Waals surface area (Å²) < 4.78 is 3.64. The summed E-state index contributed by atoms with van der Waals surface area (Å²) in [6, 6.07) is 19.3. The van der Waals surface area contributed by atoms with Crippen LogP contribution >= 0.6 is 0 Å². The molecule has 0 aliphatic heterocycles. The van der Waals surface area contributed by atoms with E-state index in [1.807, 2.05) is 61.7 Å². The maximum atomic E-state index is 12.8. The van der Waals surface area contributed by atoms with Gasteiger partial charge in [0.2, 0.25) is 0 Å². The van der Waals surface area contributed by atoms with Crippen LogP contribution in [0.5, 0.6) is 0 Å². The standard InChI is InChI=1S/C24H21N7O/c1-17-25-12-14-30(17)21-10-6-5-7-18(21)15-26-22-11-13-31-23(29-22)20(16-27-31)24(32)28-19-8-3-2-4-9-19/h2-14,16H,15H2,1H3,(H,26,29)(H,28,32). The van der Waals surface area contributed by atoms with Crippen molar-refractivity contribution < 1.29 is 4.79 Å². The Balaban J connectivity index is 1.38. The topological polar surface area (TPSA) is 89.1 Å². The Labute approximate surface area is 184 Å². The highest BCUT2D eigenvalue weighted by Crippen LogP contribution is 2.19. The van der Waals surface area contributed by atoms with Crippen LogP contribution in [0.1, 0.15) is 21.7 Å². The summed E-state index contributed by atoms with van der Waals surface area (Å²) in [6.45, 7) is 2.54. The van der Waals surface area contributed by atoms with Gasteiger partial charge in [-0.1, -0.05) is 36.4 Å². The van der Waals surface area contributed by atoms with Gasteiger partial charge in [0.25, 0.3) is 5.91 Å². The third-order valence-corrected chi connectivity index (χ3v) is 5.18. The van der Waals surface area contributed by atoms with Crippen molar-refractivity contribution in [2.45, 2.75) is 13.5 Å². The number of nitrogens with one attached hydrogen (secondary N) is 2. The third-order valence-electron chi connectivity index (χ3n) is 5.18. The van der Waals surface area contributed by atoms with E-state index in [-0.39, 0.29) is 5.91 Å². The van der Waals surface area contributed by atoms with Gasteiger partial charge in [0.15, 0.2) is 5.65 Å². The maximum Gasteiger partial charge on any atom is 0.261 e. The number of anilines is 2. The summed E-state index contributed by atoms with van der Waals surface area (Å²) in [5.74, 6) is 1.33. The molecule has 32 heavy (non-hydrogen) atoms. The quantitative estimate of drug-likeness (QED) is 0.429. The van der Waals surface area contributed by atoms with Gasteiger partial charge in [-0.25, -0.2) is 14.5 Å². The molecule has 2 N–H and O–H groups in total. The predicted octanol–water partition coefficient (Wildman–Crippen LogP) is 4.09. The van der Waals surface area contributed by atoms with Gasteiger partial charge in [0, 0.05) is 30.8 Å². The highest BCUT2D eigenvalue weighted by molar-refractivity contribution is 6.08. The molecule has 0 aliphatic rings. The average Bonchev–Trinajstić information content (AvgIpc) is 3.44. The van der Waals surface area contributed by atoms with E-state index in [2.05, 4.69) is 42.4 Å². The number of para-hydroxylation sites is 2. The van der Waals surface area contributed by atoms with E-state index in [9.17, 15) is 4.79 Å². The smallest absolute Gasteiger partial charge is 0.261 e. The van der Waals surface area contributed by atoms with Crippen molar-refractivity contribution >= 4 is 23.1 Å². The highest BCUT2D eigenvalue weighted by Gasteiger charge is 2.15. The number of aromatic nitrogens is 5. The first-order chi connectivity index (χ1) is 15.7.